The Hall–Kier alpha value is -2.99. The Kier molecular flexibility index (Phi) is 4.96. The molecule has 0 spiro atoms. The lowest BCUT2D eigenvalue weighted by atomic mass is 10.0. The van der Waals surface area contributed by atoms with E-state index in [1.54, 1.807) is 30.6 Å². The average molecular weight is 379 g/mol. The Balaban J connectivity index is 1.47. The molecule has 1 aliphatic heterocycles. The van der Waals surface area contributed by atoms with E-state index >= 15 is 0 Å². The van der Waals surface area contributed by atoms with Crippen molar-refractivity contribution in [1.29, 1.82) is 0 Å². The number of piperazine rings is 1. The minimum atomic E-state index is -0.362. The molecule has 4 rings (SSSR count). The molecular weight excluding hydrogens is 357 g/mol. The van der Waals surface area contributed by atoms with Crippen molar-refractivity contribution in [2.45, 2.75) is 13.5 Å². The molecule has 0 unspecified atom stereocenters. The van der Waals surface area contributed by atoms with Gasteiger partial charge in [-0.05, 0) is 42.6 Å². The summed E-state index contributed by atoms with van der Waals surface area (Å²) in [7, 11) is 0. The smallest absolute Gasteiger partial charge is 0.159 e. The van der Waals surface area contributed by atoms with E-state index in [2.05, 4.69) is 9.88 Å². The van der Waals surface area contributed by atoms with Crippen LogP contribution in [0, 0.1) is 5.82 Å². The maximum absolute atomic E-state index is 14.4. The highest BCUT2D eigenvalue weighted by molar-refractivity contribution is 5.94. The van der Waals surface area contributed by atoms with Gasteiger partial charge in [0.25, 0.3) is 0 Å². The first-order valence-corrected chi connectivity index (χ1v) is 9.35. The molecule has 2 heterocycles. The number of Topliss-reactive ketones (excluding diaryl/α,β-unsaturated/α-hetero) is 1. The number of benzene rings is 2. The molecule has 1 aliphatic rings. The van der Waals surface area contributed by atoms with E-state index in [1.165, 1.54) is 13.0 Å². The van der Waals surface area contributed by atoms with Crippen LogP contribution in [0.4, 0.5) is 10.1 Å². The van der Waals surface area contributed by atoms with Crippen molar-refractivity contribution in [2.75, 3.05) is 31.1 Å². The number of phenolic OH excluding ortho intramolecular Hbond substituents is 1. The minimum absolute atomic E-state index is 0.139. The zero-order chi connectivity index (χ0) is 19.7. The molecule has 1 fully saturated rings. The van der Waals surface area contributed by atoms with Gasteiger partial charge in [0.15, 0.2) is 5.78 Å². The number of aromatic nitrogens is 1. The number of anilines is 1. The number of pyridine rings is 1. The molecule has 0 bridgehead atoms. The van der Waals surface area contributed by atoms with Gasteiger partial charge in [0, 0.05) is 61.6 Å². The number of rotatable bonds is 4. The topological polar surface area (TPSA) is 56.7 Å². The number of phenols is 1. The summed E-state index contributed by atoms with van der Waals surface area (Å²) in [6.07, 6.45) is 3.53. The lowest BCUT2D eigenvalue weighted by Crippen LogP contribution is -2.46. The number of aromatic hydroxyl groups is 1. The Morgan fingerprint density at radius 1 is 1.14 bits per heavy atom. The van der Waals surface area contributed by atoms with E-state index in [0.29, 0.717) is 30.9 Å². The quantitative estimate of drug-likeness (QED) is 0.702. The Morgan fingerprint density at radius 2 is 1.93 bits per heavy atom. The maximum Gasteiger partial charge on any atom is 0.159 e. The molecule has 0 aliphatic carbocycles. The molecule has 1 aromatic heterocycles. The van der Waals surface area contributed by atoms with Crippen LogP contribution in [0.3, 0.4) is 0 Å². The Labute approximate surface area is 163 Å². The summed E-state index contributed by atoms with van der Waals surface area (Å²) in [5.41, 5.74) is 1.79. The summed E-state index contributed by atoms with van der Waals surface area (Å²) in [5, 5.41) is 12.3. The molecule has 0 atom stereocenters. The van der Waals surface area contributed by atoms with E-state index in [9.17, 15) is 14.3 Å². The van der Waals surface area contributed by atoms with Gasteiger partial charge in [-0.3, -0.25) is 14.7 Å². The molecule has 2 aromatic carbocycles. The van der Waals surface area contributed by atoms with Crippen molar-refractivity contribution < 1.29 is 14.3 Å². The van der Waals surface area contributed by atoms with Crippen LogP contribution in [-0.4, -0.2) is 47.0 Å². The highest BCUT2D eigenvalue weighted by Crippen LogP contribution is 2.29. The van der Waals surface area contributed by atoms with Gasteiger partial charge in [-0.1, -0.05) is 6.07 Å². The van der Waals surface area contributed by atoms with Gasteiger partial charge in [-0.25, -0.2) is 4.39 Å². The van der Waals surface area contributed by atoms with E-state index in [0.717, 1.165) is 29.4 Å². The molecule has 144 valence electrons. The Bertz CT molecular complexity index is 1030. The summed E-state index contributed by atoms with van der Waals surface area (Å²) < 4.78 is 14.4. The second kappa shape index (κ2) is 7.56. The standard InChI is InChI=1S/C22H22FN3O2/c1-15(27)17-2-4-21(20(23)12-17)26-10-8-25(9-11-26)14-19-18-13-24-7-6-16(18)3-5-22(19)28/h2-7,12-13,28H,8-11,14H2,1H3. The second-order valence-corrected chi connectivity index (χ2v) is 7.15. The molecule has 0 radical (unpaired) electrons. The van der Waals surface area contributed by atoms with Gasteiger partial charge in [-0.15, -0.1) is 0 Å². The van der Waals surface area contributed by atoms with Crippen molar-refractivity contribution in [1.82, 2.24) is 9.88 Å². The monoisotopic (exact) mass is 379 g/mol. The number of halogens is 1. The third-order valence-electron chi connectivity index (χ3n) is 5.36. The fourth-order valence-electron chi connectivity index (χ4n) is 3.73. The molecule has 28 heavy (non-hydrogen) atoms. The van der Waals surface area contributed by atoms with E-state index in [-0.39, 0.29) is 17.3 Å². The number of fused-ring (bicyclic) bond motifs is 1. The lowest BCUT2D eigenvalue weighted by molar-refractivity contribution is 0.101. The van der Waals surface area contributed by atoms with Crippen LogP contribution < -0.4 is 4.90 Å². The number of hydrogen-bond acceptors (Lipinski definition) is 5. The van der Waals surface area contributed by atoms with Crippen LogP contribution in [0.1, 0.15) is 22.8 Å². The van der Waals surface area contributed by atoms with Crippen molar-refractivity contribution in [3.05, 3.63) is 65.7 Å². The zero-order valence-corrected chi connectivity index (χ0v) is 15.7. The van der Waals surface area contributed by atoms with Crippen molar-refractivity contribution in [3.8, 4) is 5.75 Å². The molecule has 6 heteroatoms. The number of nitrogens with zero attached hydrogens (tertiary/aromatic N) is 3. The van der Waals surface area contributed by atoms with Crippen molar-refractivity contribution in [3.63, 3.8) is 0 Å². The lowest BCUT2D eigenvalue weighted by Gasteiger charge is -2.36. The average Bonchev–Trinajstić information content (AvgIpc) is 2.71. The van der Waals surface area contributed by atoms with Crippen LogP contribution in [0.25, 0.3) is 10.8 Å². The molecule has 1 N–H and O–H groups in total. The second-order valence-electron chi connectivity index (χ2n) is 7.15. The molecule has 5 nitrogen and oxygen atoms in total. The van der Waals surface area contributed by atoms with Gasteiger partial charge < -0.3 is 10.0 Å². The van der Waals surface area contributed by atoms with Gasteiger partial charge in [0.2, 0.25) is 0 Å². The SMILES string of the molecule is CC(=O)c1ccc(N2CCN(Cc3c(O)ccc4ccncc34)CC2)c(F)c1. The number of carbonyl (C=O) groups excluding carboxylic acids is 1. The van der Waals surface area contributed by atoms with Crippen LogP contribution in [0.15, 0.2) is 48.8 Å². The molecule has 3 aromatic rings. The van der Waals surface area contributed by atoms with E-state index < -0.39 is 0 Å². The van der Waals surface area contributed by atoms with Gasteiger partial charge in [-0.2, -0.15) is 0 Å². The predicted octanol–water partition coefficient (Wildman–Crippen LogP) is 3.60. The zero-order valence-electron chi connectivity index (χ0n) is 15.7. The summed E-state index contributed by atoms with van der Waals surface area (Å²) in [6.45, 7) is 4.92. The number of ketones is 1. The van der Waals surface area contributed by atoms with Gasteiger partial charge >= 0.3 is 0 Å². The molecule has 1 saturated heterocycles. The first kappa shape index (κ1) is 18.4. The first-order valence-electron chi connectivity index (χ1n) is 9.35. The van der Waals surface area contributed by atoms with Crippen LogP contribution >= 0.6 is 0 Å². The normalized spacial score (nSPS) is 15.1. The summed E-state index contributed by atoms with van der Waals surface area (Å²) in [6, 6.07) is 10.2. The molecule has 0 amide bonds. The summed E-state index contributed by atoms with van der Waals surface area (Å²) >= 11 is 0. The van der Waals surface area contributed by atoms with Gasteiger partial charge in [0.05, 0.1) is 5.69 Å². The number of carbonyl (C=O) groups is 1. The predicted molar refractivity (Wildman–Crippen MR) is 107 cm³/mol. The maximum atomic E-state index is 14.4. The summed E-state index contributed by atoms with van der Waals surface area (Å²) in [5.74, 6) is -0.229. The summed E-state index contributed by atoms with van der Waals surface area (Å²) in [4.78, 5) is 19.8. The fourth-order valence-corrected chi connectivity index (χ4v) is 3.73. The van der Waals surface area contributed by atoms with E-state index in [1.807, 2.05) is 17.0 Å². The number of hydrogen-bond donors (Lipinski definition) is 1. The minimum Gasteiger partial charge on any atom is -0.508 e. The fraction of sp³-hybridized carbons (Fsp3) is 0.273. The van der Waals surface area contributed by atoms with Crippen LogP contribution in [-0.2, 0) is 6.54 Å². The van der Waals surface area contributed by atoms with E-state index in [4.69, 9.17) is 0 Å². The molecule has 0 saturated carbocycles. The highest BCUT2D eigenvalue weighted by Gasteiger charge is 2.21. The Morgan fingerprint density at radius 3 is 2.64 bits per heavy atom. The highest BCUT2D eigenvalue weighted by atomic mass is 19.1. The van der Waals surface area contributed by atoms with Crippen LogP contribution in [0.2, 0.25) is 0 Å². The molecular formula is C22H22FN3O2. The van der Waals surface area contributed by atoms with Crippen molar-refractivity contribution >= 4 is 22.2 Å². The van der Waals surface area contributed by atoms with Crippen LogP contribution in [0.5, 0.6) is 5.75 Å². The third kappa shape index (κ3) is 3.55. The third-order valence-corrected chi connectivity index (χ3v) is 5.36. The largest absolute Gasteiger partial charge is 0.508 e. The first-order chi connectivity index (χ1) is 13.5. The van der Waals surface area contributed by atoms with Crippen molar-refractivity contribution in [2.24, 2.45) is 0 Å². The van der Waals surface area contributed by atoms with Gasteiger partial charge in [0.1, 0.15) is 11.6 Å².